The second-order valence-electron chi connectivity index (χ2n) is 4.57. The van der Waals surface area contributed by atoms with Crippen molar-refractivity contribution in [2.45, 2.75) is 57.7 Å². The summed E-state index contributed by atoms with van der Waals surface area (Å²) in [6.45, 7) is 10.4. The predicted molar refractivity (Wildman–Crippen MR) is 55.9 cm³/mol. The van der Waals surface area contributed by atoms with Crippen LogP contribution in [0.3, 0.4) is 0 Å². The van der Waals surface area contributed by atoms with Crippen LogP contribution in [0.1, 0.15) is 40.5 Å². The zero-order valence-electron chi connectivity index (χ0n) is 8.89. The highest BCUT2D eigenvalue weighted by atomic mass is 28.4. The summed E-state index contributed by atoms with van der Waals surface area (Å²) < 4.78 is 6.13. The highest BCUT2D eigenvalue weighted by molar-refractivity contribution is 6.76. The molecule has 12 heavy (non-hydrogen) atoms. The molecule has 2 heteroatoms. The van der Waals surface area contributed by atoms with Crippen molar-refractivity contribution in [3.63, 3.8) is 0 Å². The molecule has 0 aromatic carbocycles. The van der Waals surface area contributed by atoms with Crippen molar-refractivity contribution in [2.24, 2.45) is 0 Å². The molecule has 0 spiro atoms. The summed E-state index contributed by atoms with van der Waals surface area (Å²) in [6, 6.07) is 1.39. The van der Waals surface area contributed by atoms with Gasteiger partial charge < -0.3 is 4.43 Å². The van der Waals surface area contributed by atoms with Gasteiger partial charge in [0.2, 0.25) is 0 Å². The first-order valence-corrected chi connectivity index (χ1v) is 7.50. The molecule has 0 atom stereocenters. The number of hydrogen-bond acceptors (Lipinski definition) is 1. The second kappa shape index (κ2) is 3.92. The fraction of sp³-hybridized carbons (Fsp3) is 1.00. The first-order valence-electron chi connectivity index (χ1n) is 5.23. The van der Waals surface area contributed by atoms with E-state index in [0.717, 1.165) is 17.7 Å². The maximum absolute atomic E-state index is 6.13. The molecular formula is C10H22OSi. The summed E-state index contributed by atoms with van der Waals surface area (Å²) in [5.74, 6) is 0. The van der Waals surface area contributed by atoms with Crippen molar-refractivity contribution >= 4 is 8.32 Å². The molecule has 0 unspecified atom stereocenters. The molecule has 0 aliphatic carbocycles. The lowest BCUT2D eigenvalue weighted by Crippen LogP contribution is -2.47. The van der Waals surface area contributed by atoms with E-state index in [-0.39, 0.29) is 0 Å². The molecule has 0 amide bonds. The first-order chi connectivity index (χ1) is 5.59. The third-order valence-corrected chi connectivity index (χ3v) is 9.07. The summed E-state index contributed by atoms with van der Waals surface area (Å²) >= 11 is 0. The van der Waals surface area contributed by atoms with E-state index in [1.54, 1.807) is 0 Å². The molecule has 0 saturated carbocycles. The highest BCUT2D eigenvalue weighted by Crippen LogP contribution is 2.40. The Balaban J connectivity index is 2.70. The van der Waals surface area contributed by atoms with Gasteiger partial charge in [-0.2, -0.15) is 0 Å². The van der Waals surface area contributed by atoms with E-state index in [0.29, 0.717) is 0 Å². The Labute approximate surface area is 77.6 Å². The summed E-state index contributed by atoms with van der Waals surface area (Å²) in [6.07, 6.45) is 2.69. The van der Waals surface area contributed by atoms with Crippen molar-refractivity contribution in [3.05, 3.63) is 0 Å². The van der Waals surface area contributed by atoms with Gasteiger partial charge >= 0.3 is 0 Å². The van der Waals surface area contributed by atoms with Crippen molar-refractivity contribution in [3.8, 4) is 0 Å². The van der Waals surface area contributed by atoms with Gasteiger partial charge in [0.25, 0.3) is 0 Å². The molecule has 0 bridgehead atoms. The number of hydrogen-bond donors (Lipinski definition) is 0. The molecule has 0 aromatic heterocycles. The Morgan fingerprint density at radius 3 is 1.83 bits per heavy atom. The van der Waals surface area contributed by atoms with Crippen molar-refractivity contribution in [1.82, 2.24) is 0 Å². The van der Waals surface area contributed by atoms with Crippen LogP contribution in [0.5, 0.6) is 0 Å². The van der Waals surface area contributed by atoms with E-state index in [1.807, 2.05) is 0 Å². The molecule has 0 aromatic rings. The average molecular weight is 186 g/mol. The van der Waals surface area contributed by atoms with Crippen molar-refractivity contribution in [1.29, 1.82) is 0 Å². The minimum Gasteiger partial charge on any atom is -0.416 e. The molecule has 1 aliphatic heterocycles. The summed E-state index contributed by atoms with van der Waals surface area (Å²) in [5, 5.41) is 0. The number of rotatable bonds is 2. The topological polar surface area (TPSA) is 9.23 Å². The van der Waals surface area contributed by atoms with E-state index in [4.69, 9.17) is 4.43 Å². The molecule has 1 nitrogen and oxygen atoms in total. The Bertz CT molecular complexity index is 127. The Morgan fingerprint density at radius 2 is 1.58 bits per heavy atom. The molecule has 1 saturated heterocycles. The molecule has 1 heterocycles. The fourth-order valence-corrected chi connectivity index (χ4v) is 7.04. The van der Waals surface area contributed by atoms with Crippen LogP contribution >= 0.6 is 0 Å². The van der Waals surface area contributed by atoms with E-state index in [1.165, 1.54) is 18.9 Å². The maximum atomic E-state index is 6.13. The van der Waals surface area contributed by atoms with Gasteiger partial charge in [0.1, 0.15) is 0 Å². The quantitative estimate of drug-likeness (QED) is 0.599. The zero-order valence-corrected chi connectivity index (χ0v) is 9.89. The van der Waals surface area contributed by atoms with Gasteiger partial charge in [0, 0.05) is 6.61 Å². The minimum atomic E-state index is -1.34. The van der Waals surface area contributed by atoms with Gasteiger partial charge in [-0.15, -0.1) is 0 Å². The minimum absolute atomic E-state index is 0.790. The van der Waals surface area contributed by atoms with Gasteiger partial charge in [0.15, 0.2) is 8.32 Å². The summed E-state index contributed by atoms with van der Waals surface area (Å²) in [5.41, 5.74) is 1.58. The van der Waals surface area contributed by atoms with Crippen LogP contribution in [0.2, 0.25) is 17.1 Å². The maximum Gasteiger partial charge on any atom is 0.197 e. The van der Waals surface area contributed by atoms with Gasteiger partial charge in [-0.25, -0.2) is 0 Å². The standard InChI is InChI=1S/C10H22OSi/c1-9(2)12(10(3)4)8-6-5-7-11-12/h9-10H,5-8H2,1-4H3. The fourth-order valence-electron chi connectivity index (χ4n) is 2.42. The lowest BCUT2D eigenvalue weighted by molar-refractivity contribution is 0.253. The van der Waals surface area contributed by atoms with E-state index < -0.39 is 8.32 Å². The summed E-state index contributed by atoms with van der Waals surface area (Å²) in [4.78, 5) is 0. The van der Waals surface area contributed by atoms with Gasteiger partial charge in [0.05, 0.1) is 0 Å². The van der Waals surface area contributed by atoms with Crippen LogP contribution in [0.15, 0.2) is 0 Å². The van der Waals surface area contributed by atoms with Gasteiger partial charge in [-0.1, -0.05) is 34.1 Å². The highest BCUT2D eigenvalue weighted by Gasteiger charge is 2.42. The third kappa shape index (κ3) is 1.74. The average Bonchev–Trinajstić information content (AvgIpc) is 2.05. The lowest BCUT2D eigenvalue weighted by Gasteiger charge is -2.41. The van der Waals surface area contributed by atoms with Crippen molar-refractivity contribution in [2.75, 3.05) is 6.61 Å². The molecule has 1 fully saturated rings. The second-order valence-corrected chi connectivity index (χ2v) is 9.58. The molecule has 72 valence electrons. The van der Waals surface area contributed by atoms with Crippen LogP contribution in [-0.2, 0) is 4.43 Å². The molecule has 1 aliphatic rings. The normalized spacial score (nSPS) is 23.5. The van der Waals surface area contributed by atoms with E-state index in [2.05, 4.69) is 27.7 Å². The molecular weight excluding hydrogens is 164 g/mol. The van der Waals surface area contributed by atoms with Gasteiger partial charge in [-0.05, 0) is 23.5 Å². The monoisotopic (exact) mass is 186 g/mol. The smallest absolute Gasteiger partial charge is 0.197 e. The lowest BCUT2D eigenvalue weighted by atomic mass is 10.4. The zero-order chi connectivity index (χ0) is 9.19. The molecule has 1 rings (SSSR count). The van der Waals surface area contributed by atoms with E-state index >= 15 is 0 Å². The predicted octanol–water partition coefficient (Wildman–Crippen LogP) is 3.56. The SMILES string of the molecule is CC(C)[Si]1(C(C)C)CCCCO1. The largest absolute Gasteiger partial charge is 0.416 e. The summed E-state index contributed by atoms with van der Waals surface area (Å²) in [7, 11) is -1.34. The van der Waals surface area contributed by atoms with E-state index in [9.17, 15) is 0 Å². The Hall–Kier alpha value is 0.177. The third-order valence-electron chi connectivity index (χ3n) is 3.29. The molecule has 0 N–H and O–H groups in total. The van der Waals surface area contributed by atoms with Crippen LogP contribution in [-0.4, -0.2) is 14.9 Å². The Morgan fingerprint density at radius 1 is 1.00 bits per heavy atom. The van der Waals surface area contributed by atoms with Crippen LogP contribution in [0, 0.1) is 0 Å². The first kappa shape index (κ1) is 10.3. The Kier molecular flexibility index (Phi) is 3.35. The van der Waals surface area contributed by atoms with Gasteiger partial charge in [-0.3, -0.25) is 0 Å². The van der Waals surface area contributed by atoms with Crippen LogP contribution < -0.4 is 0 Å². The molecule has 0 radical (unpaired) electrons. The van der Waals surface area contributed by atoms with Crippen LogP contribution in [0.25, 0.3) is 0 Å². The van der Waals surface area contributed by atoms with Crippen molar-refractivity contribution < 1.29 is 4.43 Å². The van der Waals surface area contributed by atoms with Crippen LogP contribution in [0.4, 0.5) is 0 Å².